The summed E-state index contributed by atoms with van der Waals surface area (Å²) in [7, 11) is 0. The minimum absolute atomic E-state index is 0.0806. The lowest BCUT2D eigenvalue weighted by Crippen LogP contribution is -2.30. The summed E-state index contributed by atoms with van der Waals surface area (Å²) in [6.07, 6.45) is 60.3. The van der Waals surface area contributed by atoms with Gasteiger partial charge >= 0.3 is 17.9 Å². The van der Waals surface area contributed by atoms with Crippen LogP contribution in [-0.2, 0) is 28.6 Å². The van der Waals surface area contributed by atoms with Crippen molar-refractivity contribution in [2.45, 2.75) is 303 Å². The zero-order valence-electron chi connectivity index (χ0n) is 45.4. The maximum absolute atomic E-state index is 12.8. The molecule has 9 nitrogen and oxygen atoms in total. The third-order valence-corrected chi connectivity index (χ3v) is 12.5. The van der Waals surface area contributed by atoms with Crippen molar-refractivity contribution in [2.24, 2.45) is 0 Å². The Bertz CT molecular complexity index is 1090. The molecule has 0 radical (unpaired) electrons. The quantitative estimate of drug-likeness (QED) is 0.0235. The Morgan fingerprint density at radius 3 is 0.826 bits per heavy atom. The molecule has 0 fully saturated rings. The van der Waals surface area contributed by atoms with Crippen molar-refractivity contribution in [1.29, 1.82) is 0 Å². The summed E-state index contributed by atoms with van der Waals surface area (Å²) in [5.41, 5.74) is 0. The van der Waals surface area contributed by atoms with Crippen molar-refractivity contribution in [3.8, 4) is 0 Å². The van der Waals surface area contributed by atoms with Crippen molar-refractivity contribution >= 4 is 17.9 Å². The molecule has 0 aromatic heterocycles. The molecule has 0 saturated heterocycles. The first-order valence-corrected chi connectivity index (χ1v) is 29.2. The Kier molecular flexibility index (Phi) is 59.5. The lowest BCUT2D eigenvalue weighted by molar-refractivity contribution is -0.167. The van der Waals surface area contributed by atoms with E-state index in [1.165, 1.54) is 173 Å². The van der Waals surface area contributed by atoms with E-state index in [9.17, 15) is 14.4 Å². The standard InChI is InChI=1S/C57H104O6.C3H8O3/c1-4-7-10-13-16-19-22-25-28-31-34-37-40-43-46-49-55(58)61-52-54(63-57(60)51-48-45-42-39-36-33-30-27-24-21-18-15-12-9-6-3)53-62-56(59)50-47-44-41-38-35-32-29-26-23-20-17-14-11-8-5-2;4-1-3(6)2-5/h25-30,54H,4-24,31-53H2,1-3H3;3-6H,1-2H2/b28-25+,29-26+,30-27+;. The molecular weight excluding hydrogens is 865 g/mol. The van der Waals surface area contributed by atoms with Gasteiger partial charge in [-0.05, 0) is 96.3 Å². The van der Waals surface area contributed by atoms with Crippen LogP contribution in [0.2, 0.25) is 0 Å². The van der Waals surface area contributed by atoms with Crippen LogP contribution < -0.4 is 0 Å². The second-order valence-corrected chi connectivity index (χ2v) is 19.5. The molecule has 3 N–H and O–H groups in total. The molecule has 0 amide bonds. The molecule has 0 bridgehead atoms. The molecule has 0 aliphatic rings. The summed E-state index contributed by atoms with van der Waals surface area (Å²) in [6.45, 7) is 5.90. The number of aliphatic hydroxyl groups excluding tert-OH is 3. The van der Waals surface area contributed by atoms with E-state index in [1.54, 1.807) is 0 Å². The van der Waals surface area contributed by atoms with Gasteiger partial charge in [0.2, 0.25) is 0 Å². The fourth-order valence-corrected chi connectivity index (χ4v) is 7.96. The molecule has 0 heterocycles. The van der Waals surface area contributed by atoms with Crippen LogP contribution in [0.1, 0.15) is 290 Å². The van der Waals surface area contributed by atoms with Crippen LogP contribution in [0, 0.1) is 0 Å². The zero-order valence-corrected chi connectivity index (χ0v) is 45.4. The lowest BCUT2D eigenvalue weighted by Gasteiger charge is -2.18. The van der Waals surface area contributed by atoms with Gasteiger partial charge < -0.3 is 29.5 Å². The highest BCUT2D eigenvalue weighted by Gasteiger charge is 2.19. The van der Waals surface area contributed by atoms with E-state index in [0.717, 1.165) is 77.0 Å². The van der Waals surface area contributed by atoms with Crippen LogP contribution in [0.25, 0.3) is 0 Å². The topological polar surface area (TPSA) is 140 Å². The van der Waals surface area contributed by atoms with E-state index < -0.39 is 12.2 Å². The van der Waals surface area contributed by atoms with Crippen LogP contribution in [0.4, 0.5) is 0 Å². The van der Waals surface area contributed by atoms with Crippen molar-refractivity contribution in [1.82, 2.24) is 0 Å². The molecule has 9 heteroatoms. The maximum Gasteiger partial charge on any atom is 0.306 e. The Hall–Kier alpha value is -2.49. The average molecular weight is 978 g/mol. The average Bonchev–Trinajstić information content (AvgIpc) is 3.35. The predicted octanol–water partition coefficient (Wildman–Crippen LogP) is 16.4. The van der Waals surface area contributed by atoms with Gasteiger partial charge in [0.15, 0.2) is 6.10 Å². The van der Waals surface area contributed by atoms with Gasteiger partial charge in [0, 0.05) is 19.3 Å². The summed E-state index contributed by atoms with van der Waals surface area (Å²) in [5.74, 6) is -0.893. The third-order valence-electron chi connectivity index (χ3n) is 12.5. The minimum Gasteiger partial charge on any atom is -0.462 e. The Labute approximate surface area is 425 Å². The molecule has 0 aliphatic carbocycles. The first-order valence-electron chi connectivity index (χ1n) is 29.2. The van der Waals surface area contributed by atoms with Crippen molar-refractivity contribution in [2.75, 3.05) is 26.4 Å². The Morgan fingerprint density at radius 1 is 0.348 bits per heavy atom. The van der Waals surface area contributed by atoms with Crippen LogP contribution >= 0.6 is 0 Å². The molecular formula is C60H112O9. The Morgan fingerprint density at radius 2 is 0.580 bits per heavy atom. The number of unbranched alkanes of at least 4 members (excludes halogenated alkanes) is 33. The van der Waals surface area contributed by atoms with Crippen LogP contribution in [0.15, 0.2) is 36.5 Å². The molecule has 0 aromatic carbocycles. The van der Waals surface area contributed by atoms with Crippen molar-refractivity contribution < 1.29 is 43.9 Å². The first-order chi connectivity index (χ1) is 33.8. The van der Waals surface area contributed by atoms with Gasteiger partial charge in [-0.1, -0.05) is 211 Å². The molecule has 0 spiro atoms. The summed E-state index contributed by atoms with van der Waals surface area (Å²) in [4.78, 5) is 38.0. The van der Waals surface area contributed by atoms with Crippen molar-refractivity contribution in [3.63, 3.8) is 0 Å². The number of carbonyl (C=O) groups is 3. The zero-order chi connectivity index (χ0) is 50.8. The molecule has 0 aromatic rings. The number of aliphatic hydroxyl groups is 3. The number of esters is 3. The summed E-state index contributed by atoms with van der Waals surface area (Å²) >= 11 is 0. The molecule has 0 unspecified atom stereocenters. The van der Waals surface area contributed by atoms with Gasteiger partial charge in [0.25, 0.3) is 0 Å². The van der Waals surface area contributed by atoms with Crippen LogP contribution in [0.3, 0.4) is 0 Å². The number of allylic oxidation sites excluding steroid dienone is 6. The fraction of sp³-hybridized carbons (Fsp3) is 0.850. The number of ether oxygens (including phenoxy) is 3. The smallest absolute Gasteiger partial charge is 0.306 e. The normalized spacial score (nSPS) is 11.7. The lowest BCUT2D eigenvalue weighted by atomic mass is 10.1. The molecule has 0 saturated carbocycles. The van der Waals surface area contributed by atoms with Gasteiger partial charge in [0.1, 0.15) is 19.3 Å². The summed E-state index contributed by atoms with van der Waals surface area (Å²) < 4.78 is 16.8. The largest absolute Gasteiger partial charge is 0.462 e. The predicted molar refractivity (Wildman–Crippen MR) is 290 cm³/mol. The van der Waals surface area contributed by atoms with Gasteiger partial charge in [-0.15, -0.1) is 0 Å². The maximum atomic E-state index is 12.8. The van der Waals surface area contributed by atoms with Gasteiger partial charge in [-0.2, -0.15) is 0 Å². The van der Waals surface area contributed by atoms with Crippen LogP contribution in [0.5, 0.6) is 0 Å². The van der Waals surface area contributed by atoms with Gasteiger partial charge in [-0.3, -0.25) is 14.4 Å². The molecule has 0 aliphatic heterocycles. The number of rotatable bonds is 52. The fourth-order valence-electron chi connectivity index (χ4n) is 7.96. The first kappa shape index (κ1) is 68.6. The summed E-state index contributed by atoms with van der Waals surface area (Å²) in [5, 5.41) is 24.0. The second kappa shape index (κ2) is 59.8. The minimum atomic E-state index is -0.954. The molecule has 0 rings (SSSR count). The van der Waals surface area contributed by atoms with Gasteiger partial charge in [0.05, 0.1) is 13.2 Å². The second-order valence-electron chi connectivity index (χ2n) is 19.5. The molecule has 69 heavy (non-hydrogen) atoms. The number of hydrogen-bond donors (Lipinski definition) is 3. The Balaban J connectivity index is 0. The van der Waals surface area contributed by atoms with E-state index in [2.05, 4.69) is 57.2 Å². The monoisotopic (exact) mass is 977 g/mol. The highest BCUT2D eigenvalue weighted by atomic mass is 16.6. The highest BCUT2D eigenvalue weighted by molar-refractivity contribution is 5.71. The SMILES string of the molecule is CCCCCCCC/C=C/CCCCCCCC(=O)OCC(COC(=O)CCCCCCC/C=C/CCCCCCCC)OC(=O)CCCCCCC/C=C/CCCCCCCC.OCC(O)CO. The van der Waals surface area contributed by atoms with Gasteiger partial charge in [-0.25, -0.2) is 0 Å². The van der Waals surface area contributed by atoms with E-state index in [1.807, 2.05) is 0 Å². The third kappa shape index (κ3) is 59.7. The van der Waals surface area contributed by atoms with E-state index in [-0.39, 0.29) is 44.3 Å². The number of hydrogen-bond acceptors (Lipinski definition) is 9. The van der Waals surface area contributed by atoms with Crippen molar-refractivity contribution in [3.05, 3.63) is 36.5 Å². The molecule has 406 valence electrons. The van der Waals surface area contributed by atoms with E-state index in [0.29, 0.717) is 19.3 Å². The van der Waals surface area contributed by atoms with E-state index >= 15 is 0 Å². The number of carbonyl (C=O) groups excluding carboxylic acids is 3. The van der Waals surface area contributed by atoms with E-state index in [4.69, 9.17) is 29.5 Å². The highest BCUT2D eigenvalue weighted by Crippen LogP contribution is 2.15. The van der Waals surface area contributed by atoms with Crippen LogP contribution in [-0.4, -0.2) is 71.9 Å². The summed E-state index contributed by atoms with van der Waals surface area (Å²) in [6, 6.07) is 0. The molecule has 0 atom stereocenters.